The third-order valence-electron chi connectivity index (χ3n) is 3.75. The summed E-state index contributed by atoms with van der Waals surface area (Å²) in [5, 5.41) is 3.34. The lowest BCUT2D eigenvalue weighted by molar-refractivity contribution is 0.386. The van der Waals surface area contributed by atoms with Crippen LogP contribution in [-0.2, 0) is 0 Å². The fraction of sp³-hybridized carbons (Fsp3) is 0.250. The summed E-state index contributed by atoms with van der Waals surface area (Å²) in [6.45, 7) is 0. The molecule has 0 saturated carbocycles. The Bertz CT molecular complexity index is 630. The number of rotatable bonds is 3. The molecule has 20 heavy (non-hydrogen) atoms. The number of nitrogens with two attached hydrogens (primary N) is 1. The van der Waals surface area contributed by atoms with Crippen LogP contribution in [0.15, 0.2) is 42.5 Å². The fourth-order valence-electron chi connectivity index (χ4n) is 2.77. The molecule has 0 bridgehead atoms. The van der Waals surface area contributed by atoms with Crippen LogP contribution < -0.4 is 15.8 Å². The minimum Gasteiger partial charge on any atom is -0.494 e. The van der Waals surface area contributed by atoms with Crippen molar-refractivity contribution in [2.75, 3.05) is 12.4 Å². The number of anilines is 1. The summed E-state index contributed by atoms with van der Waals surface area (Å²) in [6, 6.07) is 13.2. The number of benzene rings is 2. The Morgan fingerprint density at radius 3 is 2.65 bits per heavy atom. The van der Waals surface area contributed by atoms with Crippen LogP contribution in [0.2, 0.25) is 0 Å². The van der Waals surface area contributed by atoms with Gasteiger partial charge in [-0.2, -0.15) is 0 Å². The molecule has 0 fully saturated rings. The monoisotopic (exact) mass is 272 g/mol. The van der Waals surface area contributed by atoms with E-state index in [1.165, 1.54) is 24.3 Å². The molecular weight excluding hydrogens is 255 g/mol. The summed E-state index contributed by atoms with van der Waals surface area (Å²) < 4.78 is 18.6. The molecule has 1 aliphatic rings. The number of ether oxygens (including phenoxy) is 1. The zero-order valence-electron chi connectivity index (χ0n) is 11.3. The normalized spacial score (nSPS) is 20.6. The molecule has 0 spiro atoms. The standard InChI is InChI=1S/C16H17FN2O/c1-20-16-7-6-10(8-13(16)17)19-15-9-14(18)11-4-2-3-5-12(11)15/h2-8,14-15,19H,9,18H2,1H3. The third-order valence-corrected chi connectivity index (χ3v) is 3.75. The first-order valence-corrected chi connectivity index (χ1v) is 6.63. The molecule has 3 nitrogen and oxygen atoms in total. The van der Waals surface area contributed by atoms with Gasteiger partial charge in [0.05, 0.1) is 13.2 Å². The topological polar surface area (TPSA) is 47.3 Å². The van der Waals surface area contributed by atoms with Gasteiger partial charge in [0, 0.05) is 17.8 Å². The summed E-state index contributed by atoms with van der Waals surface area (Å²) in [5.74, 6) is -0.118. The van der Waals surface area contributed by atoms with Crippen LogP contribution in [0.1, 0.15) is 29.6 Å². The molecule has 2 aromatic carbocycles. The highest BCUT2D eigenvalue weighted by atomic mass is 19.1. The molecule has 104 valence electrons. The van der Waals surface area contributed by atoms with Gasteiger partial charge in [0.2, 0.25) is 0 Å². The zero-order valence-corrected chi connectivity index (χ0v) is 11.3. The van der Waals surface area contributed by atoms with Gasteiger partial charge in [0.1, 0.15) is 0 Å². The van der Waals surface area contributed by atoms with Crippen LogP contribution in [0, 0.1) is 5.82 Å². The summed E-state index contributed by atoms with van der Waals surface area (Å²) in [4.78, 5) is 0. The smallest absolute Gasteiger partial charge is 0.167 e. The molecule has 0 amide bonds. The molecule has 3 rings (SSSR count). The van der Waals surface area contributed by atoms with Crippen molar-refractivity contribution in [1.82, 2.24) is 0 Å². The quantitative estimate of drug-likeness (QED) is 0.900. The predicted octanol–water partition coefficient (Wildman–Crippen LogP) is 3.39. The molecule has 4 heteroatoms. The van der Waals surface area contributed by atoms with E-state index >= 15 is 0 Å². The highest BCUT2D eigenvalue weighted by Gasteiger charge is 2.28. The van der Waals surface area contributed by atoms with E-state index in [0.717, 1.165) is 12.1 Å². The summed E-state index contributed by atoms with van der Waals surface area (Å²) in [5.41, 5.74) is 9.22. The second-order valence-corrected chi connectivity index (χ2v) is 5.02. The lowest BCUT2D eigenvalue weighted by atomic mass is 10.1. The van der Waals surface area contributed by atoms with Gasteiger partial charge in [-0.1, -0.05) is 24.3 Å². The van der Waals surface area contributed by atoms with Crippen LogP contribution >= 0.6 is 0 Å². The van der Waals surface area contributed by atoms with Crippen LogP contribution in [-0.4, -0.2) is 7.11 Å². The van der Waals surface area contributed by atoms with Gasteiger partial charge in [0.25, 0.3) is 0 Å². The maximum Gasteiger partial charge on any atom is 0.167 e. The van der Waals surface area contributed by atoms with Gasteiger partial charge in [-0.25, -0.2) is 4.39 Å². The van der Waals surface area contributed by atoms with E-state index in [1.807, 2.05) is 18.2 Å². The number of fused-ring (bicyclic) bond motifs is 1. The van der Waals surface area contributed by atoms with E-state index in [9.17, 15) is 4.39 Å². The first-order chi connectivity index (χ1) is 9.69. The second-order valence-electron chi connectivity index (χ2n) is 5.02. The van der Waals surface area contributed by atoms with Crippen molar-refractivity contribution >= 4 is 5.69 Å². The highest BCUT2D eigenvalue weighted by Crippen LogP contribution is 2.39. The van der Waals surface area contributed by atoms with Crippen LogP contribution in [0.3, 0.4) is 0 Å². The number of hydrogen-bond acceptors (Lipinski definition) is 3. The van der Waals surface area contributed by atoms with Gasteiger partial charge in [-0.15, -0.1) is 0 Å². The molecule has 2 aromatic rings. The molecule has 1 aliphatic carbocycles. The minimum atomic E-state index is -0.368. The van der Waals surface area contributed by atoms with Crippen molar-refractivity contribution < 1.29 is 9.13 Å². The van der Waals surface area contributed by atoms with Crippen LogP contribution in [0.4, 0.5) is 10.1 Å². The van der Waals surface area contributed by atoms with Gasteiger partial charge in [-0.3, -0.25) is 0 Å². The number of halogens is 1. The molecule has 2 atom stereocenters. The van der Waals surface area contributed by atoms with Crippen molar-refractivity contribution in [3.8, 4) is 5.75 Å². The highest BCUT2D eigenvalue weighted by molar-refractivity contribution is 5.51. The lowest BCUT2D eigenvalue weighted by Crippen LogP contribution is -2.10. The Morgan fingerprint density at radius 2 is 1.95 bits per heavy atom. The average molecular weight is 272 g/mol. The van der Waals surface area contributed by atoms with Gasteiger partial charge < -0.3 is 15.8 Å². The summed E-state index contributed by atoms with van der Waals surface area (Å²) in [6.07, 6.45) is 0.812. The number of nitrogens with one attached hydrogen (secondary N) is 1. The second kappa shape index (κ2) is 5.13. The van der Waals surface area contributed by atoms with E-state index in [-0.39, 0.29) is 23.7 Å². The fourth-order valence-corrected chi connectivity index (χ4v) is 2.77. The van der Waals surface area contributed by atoms with E-state index in [1.54, 1.807) is 6.07 Å². The Hall–Kier alpha value is -2.07. The molecule has 0 radical (unpaired) electrons. The molecular formula is C16H17FN2O. The Kier molecular flexibility index (Phi) is 3.32. The maximum atomic E-state index is 13.7. The molecule has 0 heterocycles. The van der Waals surface area contributed by atoms with Crippen molar-refractivity contribution in [1.29, 1.82) is 0 Å². The predicted molar refractivity (Wildman–Crippen MR) is 77.3 cm³/mol. The van der Waals surface area contributed by atoms with Crippen LogP contribution in [0.25, 0.3) is 0 Å². The Morgan fingerprint density at radius 1 is 1.20 bits per heavy atom. The SMILES string of the molecule is COc1ccc(NC2CC(N)c3ccccc32)cc1F. The minimum absolute atomic E-state index is 0.0341. The molecule has 2 unspecified atom stereocenters. The van der Waals surface area contributed by atoms with Crippen molar-refractivity contribution in [3.63, 3.8) is 0 Å². The third kappa shape index (κ3) is 2.23. The summed E-state index contributed by atoms with van der Waals surface area (Å²) >= 11 is 0. The van der Waals surface area contributed by atoms with E-state index in [2.05, 4.69) is 17.4 Å². The van der Waals surface area contributed by atoms with Gasteiger partial charge in [0.15, 0.2) is 11.6 Å². The molecule has 0 aromatic heterocycles. The molecule has 3 N–H and O–H groups in total. The zero-order chi connectivity index (χ0) is 14.1. The average Bonchev–Trinajstić information content (AvgIpc) is 2.76. The van der Waals surface area contributed by atoms with E-state index < -0.39 is 0 Å². The number of hydrogen-bond donors (Lipinski definition) is 2. The van der Waals surface area contributed by atoms with Gasteiger partial charge >= 0.3 is 0 Å². The molecule has 0 saturated heterocycles. The van der Waals surface area contributed by atoms with Crippen molar-refractivity contribution in [2.24, 2.45) is 5.73 Å². The van der Waals surface area contributed by atoms with Crippen molar-refractivity contribution in [2.45, 2.75) is 18.5 Å². The lowest BCUT2D eigenvalue weighted by Gasteiger charge is -2.16. The van der Waals surface area contributed by atoms with Gasteiger partial charge in [-0.05, 0) is 29.7 Å². The Labute approximate surface area is 117 Å². The first kappa shape index (κ1) is 12.9. The van der Waals surface area contributed by atoms with Crippen LogP contribution in [0.5, 0.6) is 5.75 Å². The van der Waals surface area contributed by atoms with E-state index in [0.29, 0.717) is 0 Å². The maximum absolute atomic E-state index is 13.7. The van der Waals surface area contributed by atoms with E-state index in [4.69, 9.17) is 10.5 Å². The Balaban J connectivity index is 1.84. The summed E-state index contributed by atoms with van der Waals surface area (Å²) in [7, 11) is 1.46. The largest absolute Gasteiger partial charge is 0.494 e. The van der Waals surface area contributed by atoms with Crippen molar-refractivity contribution in [3.05, 3.63) is 59.4 Å². The molecule has 0 aliphatic heterocycles. The first-order valence-electron chi connectivity index (χ1n) is 6.63. The number of methoxy groups -OCH3 is 1.